The van der Waals surface area contributed by atoms with Crippen LogP contribution < -0.4 is 92.1 Å². The average Bonchev–Trinajstić information content (AvgIpc) is 1.67. The number of carbonyl (C=O) groups excluding carboxylic acids is 10. The number of hydrogen-bond donors (Lipinski definition) is 20. The summed E-state index contributed by atoms with van der Waals surface area (Å²) in [6.07, 6.45) is 0.263. The quantitative estimate of drug-likeness (QED) is 0.0285. The zero-order valence-corrected chi connectivity index (χ0v) is 60.3. The van der Waals surface area contributed by atoms with E-state index in [1.807, 2.05) is 18.9 Å². The fraction of sp³-hybridized carbons (Fsp3) is 0.625. The van der Waals surface area contributed by atoms with Gasteiger partial charge in [-0.1, -0.05) is 11.3 Å². The molecule has 97 heavy (non-hydrogen) atoms. The fourth-order valence-corrected chi connectivity index (χ4v) is 7.27. The lowest BCUT2D eigenvalue weighted by atomic mass is 10.1. The molecule has 12 amide bonds. The number of sulfonamides is 2. The Kier molecular flexibility index (Phi) is 59.2. The van der Waals surface area contributed by atoms with Crippen molar-refractivity contribution in [1.29, 1.82) is 0 Å². The highest BCUT2D eigenvalue weighted by Crippen LogP contribution is 2.19. The molecule has 0 radical (unpaired) electrons. The van der Waals surface area contributed by atoms with Crippen molar-refractivity contribution >= 4 is 121 Å². The van der Waals surface area contributed by atoms with Crippen LogP contribution in [-0.4, -0.2) is 301 Å². The van der Waals surface area contributed by atoms with Crippen molar-refractivity contribution in [3.8, 4) is 0 Å². The van der Waals surface area contributed by atoms with E-state index in [0.717, 1.165) is 23.8 Å². The number of amides is 12. The molecule has 0 saturated carbocycles. The fourth-order valence-electron chi connectivity index (χ4n) is 4.61. The Morgan fingerprint density at radius 3 is 0.948 bits per heavy atom. The average molecular weight is 1500 g/mol. The van der Waals surface area contributed by atoms with Crippen LogP contribution in [-0.2, 0) is 88.2 Å². The number of aliphatic hydroxyl groups excluding tert-OH is 2. The number of aromatic nitrogens is 2. The molecule has 562 valence electrons. The van der Waals surface area contributed by atoms with E-state index in [-0.39, 0.29) is 126 Å². The minimum atomic E-state index is -3.63. The number of likely N-dealkylation sites (N-methyl/N-ethyl adjacent to an activating group) is 4. The van der Waals surface area contributed by atoms with Crippen LogP contribution >= 0.6 is 11.3 Å². The third-order valence-corrected chi connectivity index (χ3v) is 13.9. The second-order valence-electron chi connectivity index (χ2n) is 17.6. The summed E-state index contributed by atoms with van der Waals surface area (Å²) in [4.78, 5) is 107. The molecule has 2 rings (SSSR count). The molecule has 0 aliphatic carbocycles. The van der Waals surface area contributed by atoms with E-state index >= 15 is 0 Å². The van der Waals surface area contributed by atoms with Gasteiger partial charge in [0.25, 0.3) is 32.2 Å². The van der Waals surface area contributed by atoms with E-state index in [0.29, 0.717) is 34.6 Å². The van der Waals surface area contributed by atoms with E-state index in [9.17, 15) is 86.7 Å². The predicted octanol–water partition coefficient (Wildman–Crippen LogP) is -9.37. The SMILES string of the molecule is CC(=O)NCC(O)CNC(C)=O.CNC(=O)COCC(=O)NC.CNC(=O)COCC(=O)NC.CNC(=O)Nc1nnc(NC(=O)NC)s1.CNC(=O)c1ccc(C(=O)NC)cc1.CNS(=O)(=O)NCC(O)CNS(=O)(=O)NC.CS(=O)(=O)NCCOCCOCCNS(C)(=O)=O. The number of rotatable bonds is 35. The van der Waals surface area contributed by atoms with Crippen molar-refractivity contribution in [2.45, 2.75) is 26.1 Å². The van der Waals surface area contributed by atoms with Crippen molar-refractivity contribution < 1.29 is 111 Å². The molecule has 0 aliphatic heterocycles. The molecule has 20 N–H and O–H groups in total. The highest BCUT2D eigenvalue weighted by molar-refractivity contribution is 7.89. The number of ether oxygens (including phenoxy) is 4. The molecule has 0 saturated heterocycles. The van der Waals surface area contributed by atoms with Crippen molar-refractivity contribution in [3.63, 3.8) is 0 Å². The molecule has 0 fully saturated rings. The van der Waals surface area contributed by atoms with Gasteiger partial charge < -0.3 is 82.3 Å². The van der Waals surface area contributed by atoms with Gasteiger partial charge in [-0.3, -0.25) is 49.0 Å². The molecular weight excluding hydrogens is 1400 g/mol. The molecule has 1 aromatic carbocycles. The Morgan fingerprint density at radius 1 is 0.423 bits per heavy atom. The van der Waals surface area contributed by atoms with Crippen LogP contribution in [0.5, 0.6) is 0 Å². The maximum atomic E-state index is 11.2. The molecule has 0 spiro atoms. The van der Waals surface area contributed by atoms with E-state index in [1.165, 1.54) is 70.2 Å². The topological polar surface area (TPSA) is 627 Å². The molecule has 49 heteroatoms. The lowest BCUT2D eigenvalue weighted by Gasteiger charge is -2.12. The maximum absolute atomic E-state index is 11.2. The van der Waals surface area contributed by atoms with Gasteiger partial charge in [0.05, 0.1) is 51.1 Å². The summed E-state index contributed by atoms with van der Waals surface area (Å²) in [5.74, 6) is -1.68. The van der Waals surface area contributed by atoms with Crippen LogP contribution in [0, 0.1) is 0 Å². The van der Waals surface area contributed by atoms with Crippen LogP contribution in [0.4, 0.5) is 19.9 Å². The number of aliphatic hydroxyl groups is 2. The van der Waals surface area contributed by atoms with Gasteiger partial charge in [0.2, 0.25) is 65.8 Å². The Bertz CT molecular complexity index is 2850. The highest BCUT2D eigenvalue weighted by Gasteiger charge is 2.14. The first kappa shape index (κ1) is 98.1. The van der Waals surface area contributed by atoms with Gasteiger partial charge >= 0.3 is 12.1 Å². The van der Waals surface area contributed by atoms with Crippen LogP contribution in [0.1, 0.15) is 34.6 Å². The van der Waals surface area contributed by atoms with E-state index < -0.39 is 64.7 Å². The van der Waals surface area contributed by atoms with E-state index in [2.05, 4.69) is 83.4 Å². The van der Waals surface area contributed by atoms with E-state index in [4.69, 9.17) is 24.1 Å². The molecule has 0 aliphatic rings. The van der Waals surface area contributed by atoms with Gasteiger partial charge in [0.1, 0.15) is 26.4 Å². The van der Waals surface area contributed by atoms with Gasteiger partial charge in [-0.2, -0.15) is 26.3 Å². The normalized spacial score (nSPS) is 10.5. The maximum Gasteiger partial charge on any atom is 0.320 e. The molecule has 0 unspecified atom stereocenters. The molecule has 0 atom stereocenters. The Morgan fingerprint density at radius 2 is 0.711 bits per heavy atom. The number of carbonyl (C=O) groups is 10. The predicted molar refractivity (Wildman–Crippen MR) is 356 cm³/mol. The zero-order valence-electron chi connectivity index (χ0n) is 56.2. The number of benzene rings is 1. The summed E-state index contributed by atoms with van der Waals surface area (Å²) in [5.41, 5.74) is 1.08. The summed E-state index contributed by atoms with van der Waals surface area (Å²) in [7, 11) is 0.945. The first-order valence-corrected chi connectivity index (χ1v) is 35.4. The van der Waals surface area contributed by atoms with Crippen molar-refractivity contribution in [2.75, 3.05) is 186 Å². The van der Waals surface area contributed by atoms with Crippen LogP contribution in [0.15, 0.2) is 24.3 Å². The lowest BCUT2D eigenvalue weighted by Crippen LogP contribution is -2.44. The van der Waals surface area contributed by atoms with Crippen LogP contribution in [0.25, 0.3) is 0 Å². The molecule has 0 bridgehead atoms. The summed E-state index contributed by atoms with van der Waals surface area (Å²) in [5, 5.41) is 55.2. The smallest absolute Gasteiger partial charge is 0.320 e. The molecule has 1 heterocycles. The van der Waals surface area contributed by atoms with Gasteiger partial charge in [0, 0.05) is 135 Å². The second-order valence-corrected chi connectivity index (χ2v) is 25.6. The van der Waals surface area contributed by atoms with Crippen molar-refractivity contribution in [2.24, 2.45) is 0 Å². The zero-order chi connectivity index (χ0) is 75.6. The first-order valence-electron chi connectivity index (χ1n) is 27.8. The van der Waals surface area contributed by atoms with Gasteiger partial charge in [-0.25, -0.2) is 45.3 Å². The largest absolute Gasteiger partial charge is 0.390 e. The third-order valence-electron chi connectivity index (χ3n) is 9.55. The number of hydrogen-bond acceptors (Lipinski definition) is 27. The van der Waals surface area contributed by atoms with Crippen molar-refractivity contribution in [3.05, 3.63) is 35.4 Å². The Balaban J connectivity index is -0.000000342. The summed E-state index contributed by atoms with van der Waals surface area (Å²) < 4.78 is 118. The minimum Gasteiger partial charge on any atom is -0.390 e. The molecule has 44 nitrogen and oxygen atoms in total. The summed E-state index contributed by atoms with van der Waals surface area (Å²) >= 11 is 1.05. The second kappa shape index (κ2) is 58.5. The Labute approximate surface area is 568 Å². The van der Waals surface area contributed by atoms with Gasteiger partial charge in [0.15, 0.2) is 0 Å². The lowest BCUT2D eigenvalue weighted by molar-refractivity contribution is -0.131. The minimum absolute atomic E-state index is 0.0794. The van der Waals surface area contributed by atoms with Gasteiger partial charge in [-0.15, -0.1) is 10.2 Å². The van der Waals surface area contributed by atoms with Crippen LogP contribution in [0.3, 0.4) is 0 Å². The molecular formula is C48H96N20O24S5. The third kappa shape index (κ3) is 68.2. The van der Waals surface area contributed by atoms with E-state index in [1.54, 1.807) is 38.4 Å². The summed E-state index contributed by atoms with van der Waals surface area (Å²) in [6.45, 7) is 3.75. The molecule has 1 aromatic heterocycles. The number of urea groups is 2. The van der Waals surface area contributed by atoms with Gasteiger partial charge in [-0.05, 0) is 24.3 Å². The first-order chi connectivity index (χ1) is 45.2. The monoisotopic (exact) mass is 1500 g/mol. The van der Waals surface area contributed by atoms with Crippen LogP contribution in [0.2, 0.25) is 0 Å². The summed E-state index contributed by atoms with van der Waals surface area (Å²) in [6, 6.07) is 5.68. The molecule has 2 aromatic rings. The Hall–Kier alpha value is -7.60. The number of nitrogens with zero attached hydrogens (tertiary/aromatic N) is 2. The highest BCUT2D eigenvalue weighted by atomic mass is 32.2. The number of nitrogens with one attached hydrogen (secondary N) is 18. The number of anilines is 2. The standard InChI is InChI=1S/C10H12N2O2.C8H20N2O6S2.C7H14N2O3.C6H10N6O2S.2C6H12N2O3.C5H16N4O5S2/c1-11-9(13)7-3-5-8(6-4-7)10(14)12-2;1-17(11,12)9-3-5-15-7-8-16-6-4-10-18(2,13)14;1-5(10)8-3-7(12)4-9-6(2)11;1-7-3(13)9-5-11-12-6(15-5)10-4(14)8-2;2*1-7-5(9)3-11-4-6(10)8-2;1-6-15(11,12)8-3-5(10)4-9-16(13,14)7-2/h3-6H,1-2H3,(H,11,13)(H,12,14);9-10H,3-8H2,1-2H3;7,12H,3-4H2,1-2H3,(H,8,10)(H,9,11);1-2H3,(H2,7,9,11,13)(H2,8,10,12,14);2*3-4H2,1-2H3,(H,7,9)(H,8,10);5-10H,3-4H2,1-2H3. The van der Waals surface area contributed by atoms with Crippen molar-refractivity contribution in [1.82, 2.24) is 91.7 Å².